The fourth-order valence-corrected chi connectivity index (χ4v) is 1.33. The van der Waals surface area contributed by atoms with Crippen LogP contribution >= 0.6 is 0 Å². The SMILES string of the molecule is CC(NC(=O)c1cc(CO)on1)C(C)(C)N(C)C. The molecule has 1 amide bonds. The van der Waals surface area contributed by atoms with Gasteiger partial charge in [-0.05, 0) is 34.9 Å². The van der Waals surface area contributed by atoms with Gasteiger partial charge in [0.1, 0.15) is 6.61 Å². The van der Waals surface area contributed by atoms with Crippen LogP contribution in [0.25, 0.3) is 0 Å². The molecule has 6 nitrogen and oxygen atoms in total. The zero-order valence-corrected chi connectivity index (χ0v) is 11.5. The highest BCUT2D eigenvalue weighted by atomic mass is 16.5. The van der Waals surface area contributed by atoms with Crippen LogP contribution in [0.3, 0.4) is 0 Å². The summed E-state index contributed by atoms with van der Waals surface area (Å²) < 4.78 is 4.78. The number of likely N-dealkylation sites (N-methyl/N-ethyl adjacent to an activating group) is 1. The van der Waals surface area contributed by atoms with Gasteiger partial charge in [0.25, 0.3) is 5.91 Å². The molecule has 0 aliphatic heterocycles. The van der Waals surface area contributed by atoms with Gasteiger partial charge in [0.2, 0.25) is 0 Å². The van der Waals surface area contributed by atoms with Crippen LogP contribution < -0.4 is 5.32 Å². The Bertz CT molecular complexity index is 412. The average molecular weight is 255 g/mol. The van der Waals surface area contributed by atoms with Crippen molar-refractivity contribution in [3.8, 4) is 0 Å². The number of hydrogen-bond donors (Lipinski definition) is 2. The molecule has 1 aromatic heterocycles. The van der Waals surface area contributed by atoms with Gasteiger partial charge in [-0.2, -0.15) is 0 Å². The summed E-state index contributed by atoms with van der Waals surface area (Å²) in [7, 11) is 3.92. The molecular weight excluding hydrogens is 234 g/mol. The first kappa shape index (κ1) is 14.7. The van der Waals surface area contributed by atoms with Gasteiger partial charge in [0.15, 0.2) is 11.5 Å². The zero-order chi connectivity index (χ0) is 13.9. The third-order valence-corrected chi connectivity index (χ3v) is 3.51. The van der Waals surface area contributed by atoms with Gasteiger partial charge in [0.05, 0.1) is 0 Å². The lowest BCUT2D eigenvalue weighted by Crippen LogP contribution is -2.55. The Hall–Kier alpha value is -1.40. The predicted octanol–water partition coefficient (Wildman–Crippen LogP) is 0.625. The van der Waals surface area contributed by atoms with Crippen LogP contribution in [0.2, 0.25) is 0 Å². The van der Waals surface area contributed by atoms with E-state index in [9.17, 15) is 4.79 Å². The maximum Gasteiger partial charge on any atom is 0.273 e. The van der Waals surface area contributed by atoms with Gasteiger partial charge in [-0.1, -0.05) is 5.16 Å². The maximum absolute atomic E-state index is 11.9. The Kier molecular flexibility index (Phi) is 4.48. The van der Waals surface area contributed by atoms with Crippen LogP contribution in [0.15, 0.2) is 10.6 Å². The van der Waals surface area contributed by atoms with Gasteiger partial charge < -0.3 is 19.8 Å². The number of nitrogens with one attached hydrogen (secondary N) is 1. The van der Waals surface area contributed by atoms with E-state index in [2.05, 4.69) is 10.5 Å². The molecule has 0 bridgehead atoms. The van der Waals surface area contributed by atoms with E-state index < -0.39 is 0 Å². The molecule has 18 heavy (non-hydrogen) atoms. The molecule has 0 spiro atoms. The molecule has 0 fully saturated rings. The van der Waals surface area contributed by atoms with Gasteiger partial charge in [-0.25, -0.2) is 0 Å². The highest BCUT2D eigenvalue weighted by molar-refractivity contribution is 5.92. The number of carbonyl (C=O) groups is 1. The van der Waals surface area contributed by atoms with Crippen molar-refractivity contribution >= 4 is 5.91 Å². The summed E-state index contributed by atoms with van der Waals surface area (Å²) in [6, 6.07) is 1.37. The second-order valence-electron chi connectivity index (χ2n) is 5.08. The van der Waals surface area contributed by atoms with Crippen molar-refractivity contribution in [2.24, 2.45) is 0 Å². The minimum Gasteiger partial charge on any atom is -0.388 e. The van der Waals surface area contributed by atoms with Crippen molar-refractivity contribution in [3.63, 3.8) is 0 Å². The Morgan fingerprint density at radius 2 is 2.22 bits per heavy atom. The largest absolute Gasteiger partial charge is 0.388 e. The monoisotopic (exact) mass is 255 g/mol. The highest BCUT2D eigenvalue weighted by Crippen LogP contribution is 2.15. The van der Waals surface area contributed by atoms with E-state index in [1.165, 1.54) is 6.07 Å². The molecule has 2 N–H and O–H groups in total. The van der Waals surface area contributed by atoms with E-state index in [4.69, 9.17) is 9.63 Å². The molecule has 0 saturated heterocycles. The Morgan fingerprint density at radius 1 is 1.61 bits per heavy atom. The summed E-state index contributed by atoms with van der Waals surface area (Å²) in [4.78, 5) is 14.0. The number of aliphatic hydroxyl groups excluding tert-OH is 1. The van der Waals surface area contributed by atoms with Crippen molar-refractivity contribution in [2.45, 2.75) is 39.0 Å². The number of nitrogens with zero attached hydrogens (tertiary/aromatic N) is 2. The fourth-order valence-electron chi connectivity index (χ4n) is 1.33. The first-order valence-electron chi connectivity index (χ1n) is 5.83. The van der Waals surface area contributed by atoms with Crippen molar-refractivity contribution in [1.29, 1.82) is 0 Å². The summed E-state index contributed by atoms with van der Waals surface area (Å²) in [5, 5.41) is 15.3. The molecular formula is C12H21N3O3. The quantitative estimate of drug-likeness (QED) is 0.806. The molecule has 1 unspecified atom stereocenters. The molecule has 1 rings (SSSR count). The van der Waals surface area contributed by atoms with Crippen molar-refractivity contribution in [3.05, 3.63) is 17.5 Å². The molecule has 1 aromatic rings. The second kappa shape index (κ2) is 5.49. The summed E-state index contributed by atoms with van der Waals surface area (Å²) in [5.74, 6) is -0.0273. The molecule has 6 heteroatoms. The number of amides is 1. The van der Waals surface area contributed by atoms with Crippen molar-refractivity contribution < 1.29 is 14.4 Å². The molecule has 0 aliphatic rings. The van der Waals surface area contributed by atoms with Crippen LogP contribution in [-0.4, -0.2) is 46.7 Å². The van der Waals surface area contributed by atoms with Crippen molar-refractivity contribution in [1.82, 2.24) is 15.4 Å². The highest BCUT2D eigenvalue weighted by Gasteiger charge is 2.30. The topological polar surface area (TPSA) is 78.6 Å². The first-order valence-corrected chi connectivity index (χ1v) is 5.83. The predicted molar refractivity (Wildman–Crippen MR) is 67.1 cm³/mol. The molecule has 0 aromatic carbocycles. The number of aliphatic hydroxyl groups is 1. The average Bonchev–Trinajstić information content (AvgIpc) is 2.77. The number of rotatable bonds is 5. The lowest BCUT2D eigenvalue weighted by atomic mass is 9.94. The summed E-state index contributed by atoms with van der Waals surface area (Å²) in [6.07, 6.45) is 0. The smallest absolute Gasteiger partial charge is 0.273 e. The van der Waals surface area contributed by atoms with Crippen molar-refractivity contribution in [2.75, 3.05) is 14.1 Å². The lowest BCUT2D eigenvalue weighted by Gasteiger charge is -2.38. The number of carbonyl (C=O) groups excluding carboxylic acids is 1. The third-order valence-electron chi connectivity index (χ3n) is 3.51. The second-order valence-corrected chi connectivity index (χ2v) is 5.08. The molecule has 1 atom stereocenters. The molecule has 0 radical (unpaired) electrons. The van der Waals surface area contributed by atoms with Gasteiger partial charge >= 0.3 is 0 Å². The standard InChI is InChI=1S/C12H21N3O3/c1-8(12(2,3)15(4)5)13-11(17)10-6-9(7-16)18-14-10/h6,8,16H,7H2,1-5H3,(H,13,17). The summed E-state index contributed by atoms with van der Waals surface area (Å²) >= 11 is 0. The molecule has 0 saturated carbocycles. The number of hydrogen-bond acceptors (Lipinski definition) is 5. The van der Waals surface area contributed by atoms with Gasteiger partial charge in [-0.15, -0.1) is 0 Å². The van der Waals surface area contributed by atoms with Crippen LogP contribution in [0.5, 0.6) is 0 Å². The minimum absolute atomic E-state index is 0.0609. The van der Waals surface area contributed by atoms with Gasteiger partial charge in [-0.3, -0.25) is 4.79 Å². The minimum atomic E-state index is -0.305. The Balaban J connectivity index is 2.70. The van der Waals surface area contributed by atoms with Gasteiger partial charge in [0, 0.05) is 17.6 Å². The van der Waals surface area contributed by atoms with Crippen LogP contribution in [0.1, 0.15) is 37.0 Å². The molecule has 1 heterocycles. The van der Waals surface area contributed by atoms with Crippen LogP contribution in [0, 0.1) is 0 Å². The number of aromatic nitrogens is 1. The molecule has 0 aliphatic carbocycles. The van der Waals surface area contributed by atoms with Crippen LogP contribution in [0.4, 0.5) is 0 Å². The maximum atomic E-state index is 11.9. The molecule has 102 valence electrons. The van der Waals surface area contributed by atoms with E-state index in [-0.39, 0.29) is 35.5 Å². The zero-order valence-electron chi connectivity index (χ0n) is 11.5. The third kappa shape index (κ3) is 3.08. The Labute approximate surface area is 107 Å². The summed E-state index contributed by atoms with van der Waals surface area (Å²) in [5.41, 5.74) is -0.000367. The van der Waals surface area contributed by atoms with E-state index in [0.717, 1.165) is 0 Å². The summed E-state index contributed by atoms with van der Waals surface area (Å²) in [6.45, 7) is 5.75. The van der Waals surface area contributed by atoms with E-state index >= 15 is 0 Å². The fraction of sp³-hybridized carbons (Fsp3) is 0.667. The van der Waals surface area contributed by atoms with Crippen LogP contribution in [-0.2, 0) is 6.61 Å². The normalized spacial score (nSPS) is 13.7. The lowest BCUT2D eigenvalue weighted by molar-refractivity contribution is 0.0850. The van der Waals surface area contributed by atoms with E-state index in [1.54, 1.807) is 0 Å². The van der Waals surface area contributed by atoms with E-state index in [0.29, 0.717) is 0 Å². The first-order chi connectivity index (χ1) is 8.28. The Morgan fingerprint density at radius 3 is 2.67 bits per heavy atom. The van der Waals surface area contributed by atoms with E-state index in [1.807, 2.05) is 39.8 Å².